The Morgan fingerprint density at radius 2 is 0.742 bits per heavy atom. The van der Waals surface area contributed by atoms with Crippen LogP contribution >= 0.6 is 0 Å². The fraction of sp³-hybridized carbons (Fsp3) is 0. The van der Waals surface area contributed by atoms with Gasteiger partial charge in [-0.3, -0.25) is 4.79 Å². The highest BCUT2D eigenvalue weighted by Crippen LogP contribution is 2.43. The van der Waals surface area contributed by atoms with E-state index in [0.717, 1.165) is 88.6 Å². The number of nitrogens with zero attached hydrogens (tertiary/aromatic N) is 3. The maximum absolute atomic E-state index is 14.7. The van der Waals surface area contributed by atoms with Crippen LogP contribution in [0.3, 0.4) is 0 Å². The van der Waals surface area contributed by atoms with Crippen molar-refractivity contribution in [2.45, 2.75) is 0 Å². The van der Waals surface area contributed by atoms with E-state index in [2.05, 4.69) is 219 Å². The molecule has 0 unspecified atom stereocenters. The van der Waals surface area contributed by atoms with Gasteiger partial charge >= 0.3 is 0 Å². The van der Waals surface area contributed by atoms with Gasteiger partial charge in [0.15, 0.2) is 0 Å². The Balaban J connectivity index is 1.14. The molecule has 9 aromatic carbocycles. The number of rotatable bonds is 5. The molecule has 0 aliphatic rings. The van der Waals surface area contributed by atoms with Gasteiger partial charge in [-0.15, -0.1) is 0 Å². The molecule has 0 fully saturated rings. The molecule has 0 saturated carbocycles. The molecule has 0 radical (unpaired) electrons. The van der Waals surface area contributed by atoms with Crippen LogP contribution in [0.5, 0.6) is 0 Å². The maximum atomic E-state index is 14.7. The van der Waals surface area contributed by atoms with Crippen molar-refractivity contribution in [1.29, 1.82) is 0 Å². The van der Waals surface area contributed by atoms with Gasteiger partial charge in [-0.25, -0.2) is 0 Å². The number of hydrogen-bond acceptors (Lipinski definition) is 1. The van der Waals surface area contributed by atoms with Crippen molar-refractivity contribution >= 4 is 76.3 Å². The number of nitrogens with one attached hydrogen (secondary N) is 1. The third-order valence-corrected chi connectivity index (χ3v) is 12.8. The minimum Gasteiger partial charge on any atom is -0.321 e. The molecule has 62 heavy (non-hydrogen) atoms. The molecule has 0 spiro atoms. The molecule has 0 aliphatic carbocycles. The Labute approximate surface area is 355 Å². The van der Waals surface area contributed by atoms with Gasteiger partial charge in [0.2, 0.25) is 0 Å². The second-order valence-corrected chi connectivity index (χ2v) is 16.2. The number of aromatic nitrogens is 4. The Bertz CT molecular complexity index is 3980. The lowest BCUT2D eigenvalue weighted by Crippen LogP contribution is -2.08. The van der Waals surface area contributed by atoms with E-state index in [0.29, 0.717) is 5.39 Å². The highest BCUT2D eigenvalue weighted by atomic mass is 16.1. The van der Waals surface area contributed by atoms with E-state index in [1.54, 1.807) is 0 Å². The molecule has 4 heterocycles. The summed E-state index contributed by atoms with van der Waals surface area (Å²) in [6, 6.07) is 75.2. The zero-order valence-corrected chi connectivity index (χ0v) is 33.5. The first-order chi connectivity index (χ1) is 30.7. The zero-order chi connectivity index (χ0) is 40.9. The predicted octanol–water partition coefficient (Wildman–Crippen LogP) is 14.2. The second-order valence-electron chi connectivity index (χ2n) is 16.2. The molecular formula is C57H36N4O. The highest BCUT2D eigenvalue weighted by Gasteiger charge is 2.22. The number of benzene rings is 9. The quantitative estimate of drug-likeness (QED) is 0.185. The number of fused-ring (bicyclic) bond motifs is 11. The summed E-state index contributed by atoms with van der Waals surface area (Å²) in [6.07, 6.45) is 0. The molecule has 0 atom stereocenters. The summed E-state index contributed by atoms with van der Waals surface area (Å²) in [6.45, 7) is 0. The number of aromatic amines is 1. The third kappa shape index (κ3) is 4.99. The van der Waals surface area contributed by atoms with Gasteiger partial charge in [0.25, 0.3) is 5.56 Å². The zero-order valence-electron chi connectivity index (χ0n) is 33.5. The van der Waals surface area contributed by atoms with E-state index in [9.17, 15) is 4.79 Å². The topological polar surface area (TPSA) is 47.6 Å². The molecule has 1 N–H and O–H groups in total. The van der Waals surface area contributed by atoms with Crippen molar-refractivity contribution in [2.75, 3.05) is 0 Å². The summed E-state index contributed by atoms with van der Waals surface area (Å²) >= 11 is 0. The van der Waals surface area contributed by atoms with E-state index in [-0.39, 0.29) is 5.56 Å². The van der Waals surface area contributed by atoms with Crippen LogP contribution in [0.2, 0.25) is 0 Å². The van der Waals surface area contributed by atoms with Crippen LogP contribution in [-0.4, -0.2) is 18.7 Å². The first kappa shape index (κ1) is 34.5. The van der Waals surface area contributed by atoms with Crippen molar-refractivity contribution in [1.82, 2.24) is 18.7 Å². The summed E-state index contributed by atoms with van der Waals surface area (Å²) in [5, 5.41) is 7.29. The minimum absolute atomic E-state index is 0.107. The molecule has 5 nitrogen and oxygen atoms in total. The van der Waals surface area contributed by atoms with Crippen molar-refractivity contribution in [3.05, 3.63) is 223 Å². The van der Waals surface area contributed by atoms with Gasteiger partial charge in [-0.1, -0.05) is 121 Å². The SMILES string of the molecule is O=c1[nH]c2c(-c3ccc4c(c3)c3ccccc3n4-c3ccccc3)cc(-c3ccc4c(c3)c3ccccc3n4-c3ccccc3)cc2c2c1c1ccccc1n2-c1ccccc1. The number of pyridine rings is 1. The van der Waals surface area contributed by atoms with E-state index in [1.165, 1.54) is 21.7 Å². The van der Waals surface area contributed by atoms with Crippen LogP contribution in [0.15, 0.2) is 217 Å². The average Bonchev–Trinajstić information content (AvgIpc) is 3.98. The molecule has 290 valence electrons. The smallest absolute Gasteiger partial charge is 0.258 e. The largest absolute Gasteiger partial charge is 0.321 e. The van der Waals surface area contributed by atoms with Crippen LogP contribution < -0.4 is 5.56 Å². The summed E-state index contributed by atoms with van der Waals surface area (Å²) in [5.74, 6) is 0. The summed E-state index contributed by atoms with van der Waals surface area (Å²) in [7, 11) is 0. The van der Waals surface area contributed by atoms with Gasteiger partial charge in [-0.05, 0) is 108 Å². The van der Waals surface area contributed by atoms with E-state index < -0.39 is 0 Å². The van der Waals surface area contributed by atoms with Gasteiger partial charge < -0.3 is 18.7 Å². The Hall–Kier alpha value is -8.41. The molecule has 5 heteroatoms. The Morgan fingerprint density at radius 1 is 0.323 bits per heavy atom. The lowest BCUT2D eigenvalue weighted by atomic mass is 9.93. The number of H-pyrrole nitrogens is 1. The fourth-order valence-corrected chi connectivity index (χ4v) is 10.1. The normalized spacial score (nSPS) is 11.9. The van der Waals surface area contributed by atoms with Crippen molar-refractivity contribution < 1.29 is 0 Å². The molecule has 0 amide bonds. The van der Waals surface area contributed by atoms with Gasteiger partial charge in [0.05, 0.1) is 44.0 Å². The van der Waals surface area contributed by atoms with Gasteiger partial charge in [0, 0.05) is 54.9 Å². The lowest BCUT2D eigenvalue weighted by Gasteiger charge is -2.15. The monoisotopic (exact) mass is 792 g/mol. The molecule has 0 aliphatic heterocycles. The lowest BCUT2D eigenvalue weighted by molar-refractivity contribution is 1.18. The van der Waals surface area contributed by atoms with E-state index in [1.807, 2.05) is 12.1 Å². The molecule has 13 rings (SSSR count). The molecule has 0 saturated heterocycles. The number of hydrogen-bond donors (Lipinski definition) is 1. The first-order valence-electron chi connectivity index (χ1n) is 21.1. The molecule has 13 aromatic rings. The van der Waals surface area contributed by atoms with E-state index in [4.69, 9.17) is 0 Å². The maximum Gasteiger partial charge on any atom is 0.258 e. The Kier molecular flexibility index (Phi) is 7.39. The van der Waals surface area contributed by atoms with E-state index >= 15 is 0 Å². The number of para-hydroxylation sites is 6. The van der Waals surface area contributed by atoms with Crippen molar-refractivity contribution in [2.24, 2.45) is 0 Å². The van der Waals surface area contributed by atoms with Gasteiger partial charge in [-0.2, -0.15) is 0 Å². The Morgan fingerprint density at radius 3 is 1.31 bits per heavy atom. The van der Waals surface area contributed by atoms with Gasteiger partial charge in [0.1, 0.15) is 0 Å². The third-order valence-electron chi connectivity index (χ3n) is 12.8. The van der Waals surface area contributed by atoms with Crippen LogP contribution in [0, 0.1) is 0 Å². The fourth-order valence-electron chi connectivity index (χ4n) is 10.1. The summed E-state index contributed by atoms with van der Waals surface area (Å²) in [4.78, 5) is 18.1. The van der Waals surface area contributed by atoms with Crippen LogP contribution in [0.4, 0.5) is 0 Å². The van der Waals surface area contributed by atoms with Crippen LogP contribution in [0.25, 0.3) is 116 Å². The summed E-state index contributed by atoms with van der Waals surface area (Å²) < 4.78 is 6.96. The van der Waals surface area contributed by atoms with Crippen molar-refractivity contribution in [3.8, 4) is 39.3 Å². The molecule has 0 bridgehead atoms. The highest BCUT2D eigenvalue weighted by molar-refractivity contribution is 6.20. The van der Waals surface area contributed by atoms with Crippen molar-refractivity contribution in [3.63, 3.8) is 0 Å². The first-order valence-corrected chi connectivity index (χ1v) is 21.1. The van der Waals surface area contributed by atoms with Crippen LogP contribution in [0.1, 0.15) is 0 Å². The second kappa shape index (κ2) is 13.3. The summed E-state index contributed by atoms with van der Waals surface area (Å²) in [5.41, 5.74) is 14.6. The standard InChI is InChI=1S/C57H36N4O/c62-57-54-44-24-12-15-27-51(44)61(41-20-8-3-9-21-41)56(54)48-35-38(36-28-30-52-46(32-36)42-22-10-13-25-49(42)59(52)39-16-4-1-5-17-39)34-45(55(48)58-57)37-29-31-53-47(33-37)43-23-11-14-26-50(43)60(53)40-18-6-2-7-19-40/h1-35H,(H,58,62). The average molecular weight is 793 g/mol. The van der Waals surface area contributed by atoms with Crippen LogP contribution in [-0.2, 0) is 0 Å². The predicted molar refractivity (Wildman–Crippen MR) is 258 cm³/mol. The minimum atomic E-state index is -0.107. The molecular weight excluding hydrogens is 757 g/mol. The molecule has 4 aromatic heterocycles.